The Labute approximate surface area is 137 Å². The van der Waals surface area contributed by atoms with Gasteiger partial charge < -0.3 is 5.11 Å². The second-order valence-corrected chi connectivity index (χ2v) is 8.53. The Kier molecular flexibility index (Phi) is 5.78. The van der Waals surface area contributed by atoms with E-state index in [0.29, 0.717) is 30.5 Å². The predicted molar refractivity (Wildman–Crippen MR) is 87.4 cm³/mol. The minimum atomic E-state index is -3.72. The molecule has 1 aliphatic heterocycles. The Bertz CT molecular complexity index is 628. The number of halogens is 1. The Hall–Kier alpha value is -1.02. The lowest BCUT2D eigenvalue weighted by Crippen LogP contribution is -2.49. The summed E-state index contributed by atoms with van der Waals surface area (Å²) in [6.45, 7) is 4.61. The van der Waals surface area contributed by atoms with Gasteiger partial charge in [0.15, 0.2) is 0 Å². The Morgan fingerprint density at radius 1 is 1.35 bits per heavy atom. The molecule has 3 unspecified atom stereocenters. The molecule has 0 aromatic heterocycles. The molecule has 0 radical (unpaired) electrons. The van der Waals surface area contributed by atoms with Gasteiger partial charge in [0.25, 0.3) is 10.2 Å². The molecule has 0 bridgehead atoms. The number of hydrogen-bond donors (Lipinski definition) is 1. The predicted octanol–water partition coefficient (Wildman–Crippen LogP) is 2.01. The van der Waals surface area contributed by atoms with Gasteiger partial charge in [0.05, 0.1) is 12.6 Å². The zero-order valence-corrected chi connectivity index (χ0v) is 14.6. The van der Waals surface area contributed by atoms with E-state index in [9.17, 15) is 17.9 Å². The number of rotatable bonds is 5. The fourth-order valence-corrected chi connectivity index (χ4v) is 5.04. The second kappa shape index (κ2) is 7.25. The smallest absolute Gasteiger partial charge is 0.282 e. The zero-order chi connectivity index (χ0) is 17.2. The summed E-state index contributed by atoms with van der Waals surface area (Å²) in [5.74, 6) is 0.138. The summed E-state index contributed by atoms with van der Waals surface area (Å²) in [6.07, 6.45) is 1.00. The fraction of sp³-hybridized carbons (Fsp3) is 0.625. The summed E-state index contributed by atoms with van der Waals surface area (Å²) in [5, 5.41) is 9.66. The van der Waals surface area contributed by atoms with E-state index < -0.39 is 28.7 Å². The van der Waals surface area contributed by atoms with Gasteiger partial charge in [-0.15, -0.1) is 0 Å². The number of aliphatic hydroxyl groups is 1. The van der Waals surface area contributed by atoms with Crippen LogP contribution in [0.2, 0.25) is 0 Å². The molecule has 7 heteroatoms. The third kappa shape index (κ3) is 4.09. The van der Waals surface area contributed by atoms with Crippen molar-refractivity contribution in [3.8, 4) is 0 Å². The first kappa shape index (κ1) is 18.3. The van der Waals surface area contributed by atoms with Crippen LogP contribution >= 0.6 is 0 Å². The third-order valence-corrected chi connectivity index (χ3v) is 6.30. The highest BCUT2D eigenvalue weighted by molar-refractivity contribution is 7.86. The number of benzene rings is 1. The maximum absolute atomic E-state index is 13.4. The quantitative estimate of drug-likeness (QED) is 0.889. The lowest BCUT2D eigenvalue weighted by molar-refractivity contribution is 0.177. The lowest BCUT2D eigenvalue weighted by Gasteiger charge is -2.38. The van der Waals surface area contributed by atoms with Crippen molar-refractivity contribution in [1.29, 1.82) is 0 Å². The summed E-state index contributed by atoms with van der Waals surface area (Å²) in [7, 11) is -2.28. The molecule has 1 aromatic carbocycles. The first-order chi connectivity index (χ1) is 10.8. The highest BCUT2D eigenvalue weighted by Crippen LogP contribution is 2.28. The first-order valence-electron chi connectivity index (χ1n) is 7.85. The van der Waals surface area contributed by atoms with E-state index in [1.807, 2.05) is 13.8 Å². The highest BCUT2D eigenvalue weighted by Gasteiger charge is 2.36. The van der Waals surface area contributed by atoms with Crippen LogP contribution in [0.5, 0.6) is 0 Å². The van der Waals surface area contributed by atoms with Crippen LogP contribution in [0.1, 0.15) is 31.9 Å². The summed E-state index contributed by atoms with van der Waals surface area (Å²) < 4.78 is 41.8. The molecule has 0 amide bonds. The molecular weight excluding hydrogens is 319 g/mol. The minimum Gasteiger partial charge on any atom is -0.394 e. The van der Waals surface area contributed by atoms with Gasteiger partial charge in [-0.2, -0.15) is 17.0 Å². The molecule has 1 aliphatic rings. The maximum atomic E-state index is 13.4. The van der Waals surface area contributed by atoms with Crippen LogP contribution < -0.4 is 0 Å². The van der Waals surface area contributed by atoms with Gasteiger partial charge in [-0.1, -0.05) is 26.0 Å². The van der Waals surface area contributed by atoms with Crippen molar-refractivity contribution in [3.63, 3.8) is 0 Å². The molecule has 3 atom stereocenters. The van der Waals surface area contributed by atoms with Crippen molar-refractivity contribution >= 4 is 10.2 Å². The number of likely N-dealkylation sites (N-methyl/N-ethyl adjacent to an activating group) is 1. The maximum Gasteiger partial charge on any atom is 0.282 e. The average Bonchev–Trinajstić information content (AvgIpc) is 2.47. The fourth-order valence-electron chi connectivity index (χ4n) is 3.28. The van der Waals surface area contributed by atoms with Gasteiger partial charge in [-0.05, 0) is 36.0 Å². The summed E-state index contributed by atoms with van der Waals surface area (Å²) in [5.41, 5.74) is 0.441. The van der Waals surface area contributed by atoms with E-state index in [2.05, 4.69) is 0 Å². The molecule has 1 aromatic rings. The standard InChI is InChI=1S/C16H25FN2O3S/c1-12-7-13(2)10-19(9-12)23(21,22)18(3)16(11-20)14-5-4-6-15(17)8-14/h4-6,8,12-13,16,20H,7,9-11H2,1-3H3. The van der Waals surface area contributed by atoms with Crippen molar-refractivity contribution in [2.24, 2.45) is 11.8 Å². The van der Waals surface area contributed by atoms with Crippen LogP contribution in [0.15, 0.2) is 24.3 Å². The van der Waals surface area contributed by atoms with Crippen molar-refractivity contribution in [2.75, 3.05) is 26.7 Å². The van der Waals surface area contributed by atoms with Gasteiger partial charge in [0, 0.05) is 20.1 Å². The van der Waals surface area contributed by atoms with Crippen LogP contribution in [-0.4, -0.2) is 48.9 Å². The topological polar surface area (TPSA) is 60.9 Å². The molecule has 5 nitrogen and oxygen atoms in total. The molecule has 0 spiro atoms. The van der Waals surface area contributed by atoms with E-state index >= 15 is 0 Å². The Morgan fingerprint density at radius 3 is 2.48 bits per heavy atom. The van der Waals surface area contributed by atoms with Gasteiger partial charge in [-0.3, -0.25) is 0 Å². The second-order valence-electron chi connectivity index (χ2n) is 6.54. The summed E-state index contributed by atoms with van der Waals surface area (Å²) in [4.78, 5) is 0. The number of hydrogen-bond acceptors (Lipinski definition) is 3. The lowest BCUT2D eigenvalue weighted by atomic mass is 9.94. The number of nitrogens with zero attached hydrogens (tertiary/aromatic N) is 2. The van der Waals surface area contributed by atoms with Gasteiger partial charge >= 0.3 is 0 Å². The SMILES string of the molecule is CC1CC(C)CN(S(=O)(=O)N(C)C(CO)c2cccc(F)c2)C1. The van der Waals surface area contributed by atoms with Gasteiger partial charge in [0.2, 0.25) is 0 Å². The average molecular weight is 344 g/mol. The Morgan fingerprint density at radius 2 is 1.96 bits per heavy atom. The molecule has 1 fully saturated rings. The molecule has 0 saturated carbocycles. The van der Waals surface area contributed by atoms with Crippen molar-refractivity contribution in [1.82, 2.24) is 8.61 Å². The molecule has 23 heavy (non-hydrogen) atoms. The largest absolute Gasteiger partial charge is 0.394 e. The molecule has 1 heterocycles. The van der Waals surface area contributed by atoms with Crippen LogP contribution in [0.3, 0.4) is 0 Å². The monoisotopic (exact) mass is 344 g/mol. The molecule has 1 N–H and O–H groups in total. The van der Waals surface area contributed by atoms with E-state index in [1.165, 1.54) is 29.6 Å². The molecular formula is C16H25FN2O3S. The first-order valence-corrected chi connectivity index (χ1v) is 9.24. The normalized spacial score (nSPS) is 24.8. The molecule has 130 valence electrons. The van der Waals surface area contributed by atoms with Crippen LogP contribution in [-0.2, 0) is 10.2 Å². The van der Waals surface area contributed by atoms with Crippen LogP contribution in [0.25, 0.3) is 0 Å². The highest BCUT2D eigenvalue weighted by atomic mass is 32.2. The van der Waals surface area contributed by atoms with E-state index in [4.69, 9.17) is 0 Å². The van der Waals surface area contributed by atoms with Crippen LogP contribution in [0, 0.1) is 17.7 Å². The summed E-state index contributed by atoms with van der Waals surface area (Å²) >= 11 is 0. The van der Waals surface area contributed by atoms with E-state index in [-0.39, 0.29) is 0 Å². The third-order valence-electron chi connectivity index (χ3n) is 4.37. The van der Waals surface area contributed by atoms with Crippen LogP contribution in [0.4, 0.5) is 4.39 Å². The number of piperidine rings is 1. The minimum absolute atomic E-state index is 0.295. The van der Waals surface area contributed by atoms with Gasteiger partial charge in [0.1, 0.15) is 5.82 Å². The Balaban J connectivity index is 2.26. The van der Waals surface area contributed by atoms with Crippen molar-refractivity contribution < 1.29 is 17.9 Å². The van der Waals surface area contributed by atoms with Crippen molar-refractivity contribution in [2.45, 2.75) is 26.3 Å². The molecule has 1 saturated heterocycles. The summed E-state index contributed by atoms with van der Waals surface area (Å²) in [6, 6.07) is 4.88. The van der Waals surface area contributed by atoms with Crippen molar-refractivity contribution in [3.05, 3.63) is 35.6 Å². The molecule has 0 aliphatic carbocycles. The molecule has 2 rings (SSSR count). The number of aliphatic hydroxyl groups excluding tert-OH is 1. The van der Waals surface area contributed by atoms with E-state index in [1.54, 1.807) is 6.07 Å². The van der Waals surface area contributed by atoms with E-state index in [0.717, 1.165) is 10.7 Å². The zero-order valence-electron chi connectivity index (χ0n) is 13.8. The van der Waals surface area contributed by atoms with Gasteiger partial charge in [-0.25, -0.2) is 4.39 Å².